The number of aliphatic hydroxyl groups excluding tert-OH is 1. The van der Waals surface area contributed by atoms with Crippen LogP contribution in [0.2, 0.25) is 0 Å². The number of ether oxygens (including phenoxy) is 1. The van der Waals surface area contributed by atoms with Crippen LogP contribution in [-0.2, 0) is 13.2 Å². The lowest BCUT2D eigenvalue weighted by atomic mass is 10.1. The van der Waals surface area contributed by atoms with Gasteiger partial charge in [0.05, 0.1) is 13.2 Å². The Kier molecular flexibility index (Phi) is 4.85. The third kappa shape index (κ3) is 3.90. The highest BCUT2D eigenvalue weighted by atomic mass is 16.5. The van der Waals surface area contributed by atoms with E-state index >= 15 is 0 Å². The summed E-state index contributed by atoms with van der Waals surface area (Å²) in [5, 5.41) is 12.3. The monoisotopic (exact) mass is 272 g/mol. The summed E-state index contributed by atoms with van der Waals surface area (Å²) in [6.07, 6.45) is 0. The third-order valence-corrected chi connectivity index (χ3v) is 2.94. The molecule has 0 atom stereocenters. The zero-order chi connectivity index (χ0) is 14.4. The maximum atomic E-state index is 9.00. The highest BCUT2D eigenvalue weighted by Gasteiger charge is 2.00. The second-order valence-electron chi connectivity index (χ2n) is 4.55. The summed E-state index contributed by atoms with van der Waals surface area (Å²) in [5.74, 6) is 0.769. The van der Waals surface area contributed by atoms with Crippen LogP contribution < -0.4 is 15.8 Å². The molecule has 0 heterocycles. The summed E-state index contributed by atoms with van der Waals surface area (Å²) in [6, 6.07) is 13.4. The normalized spacial score (nSPS) is 10.3. The molecular formula is C16H20N2O2. The summed E-state index contributed by atoms with van der Waals surface area (Å²) in [6.45, 7) is 3.33. The molecule has 0 saturated carbocycles. The molecule has 2 aromatic carbocycles. The largest absolute Gasteiger partial charge is 0.494 e. The average Bonchev–Trinajstić information content (AvgIpc) is 2.45. The van der Waals surface area contributed by atoms with Crippen LogP contribution in [-0.4, -0.2) is 11.7 Å². The molecule has 4 heteroatoms. The van der Waals surface area contributed by atoms with Crippen molar-refractivity contribution in [3.63, 3.8) is 0 Å². The number of benzene rings is 2. The third-order valence-electron chi connectivity index (χ3n) is 2.94. The Balaban J connectivity index is 2.02. The summed E-state index contributed by atoms with van der Waals surface area (Å²) in [5.41, 5.74) is 9.51. The van der Waals surface area contributed by atoms with Gasteiger partial charge in [-0.25, -0.2) is 0 Å². The molecule has 0 amide bonds. The molecule has 0 bridgehead atoms. The van der Waals surface area contributed by atoms with Crippen molar-refractivity contribution in [2.45, 2.75) is 20.1 Å². The van der Waals surface area contributed by atoms with Gasteiger partial charge >= 0.3 is 0 Å². The van der Waals surface area contributed by atoms with E-state index in [1.165, 1.54) is 0 Å². The SMILES string of the molecule is CCOc1cc(N)cc(NCc2ccc(CO)cc2)c1. The van der Waals surface area contributed by atoms with Crippen LogP contribution in [0, 0.1) is 0 Å². The number of hydrogen-bond acceptors (Lipinski definition) is 4. The maximum Gasteiger partial charge on any atom is 0.123 e. The van der Waals surface area contributed by atoms with Gasteiger partial charge in [0, 0.05) is 30.1 Å². The van der Waals surface area contributed by atoms with Crippen molar-refractivity contribution in [1.82, 2.24) is 0 Å². The van der Waals surface area contributed by atoms with E-state index in [-0.39, 0.29) is 6.61 Å². The van der Waals surface area contributed by atoms with Crippen molar-refractivity contribution in [2.24, 2.45) is 0 Å². The predicted octanol–water partition coefficient (Wildman–Crippen LogP) is 2.77. The number of nitrogens with two attached hydrogens (primary N) is 1. The molecular weight excluding hydrogens is 252 g/mol. The lowest BCUT2D eigenvalue weighted by Gasteiger charge is -2.11. The minimum absolute atomic E-state index is 0.0701. The standard InChI is InChI=1S/C16H20N2O2/c1-2-20-16-8-14(17)7-15(9-16)18-10-12-3-5-13(11-19)6-4-12/h3-9,18-19H,2,10-11,17H2,1H3. The van der Waals surface area contributed by atoms with E-state index in [2.05, 4.69) is 5.32 Å². The number of anilines is 2. The zero-order valence-electron chi connectivity index (χ0n) is 11.6. The number of aliphatic hydroxyl groups is 1. The van der Waals surface area contributed by atoms with Crippen LogP contribution in [0.5, 0.6) is 5.75 Å². The highest BCUT2D eigenvalue weighted by molar-refractivity contribution is 5.59. The Labute approximate surface area is 119 Å². The minimum Gasteiger partial charge on any atom is -0.494 e. The van der Waals surface area contributed by atoms with Crippen LogP contribution in [0.3, 0.4) is 0 Å². The number of rotatable bonds is 6. The van der Waals surface area contributed by atoms with Gasteiger partial charge in [0.25, 0.3) is 0 Å². The molecule has 2 rings (SSSR count). The predicted molar refractivity (Wildman–Crippen MR) is 81.7 cm³/mol. The lowest BCUT2D eigenvalue weighted by molar-refractivity contribution is 0.282. The van der Waals surface area contributed by atoms with Crippen LogP contribution in [0.4, 0.5) is 11.4 Å². The fourth-order valence-corrected chi connectivity index (χ4v) is 1.94. The van der Waals surface area contributed by atoms with Gasteiger partial charge in [-0.1, -0.05) is 24.3 Å². The van der Waals surface area contributed by atoms with Crippen molar-refractivity contribution >= 4 is 11.4 Å². The van der Waals surface area contributed by atoms with Crippen LogP contribution >= 0.6 is 0 Å². The molecule has 0 saturated heterocycles. The molecule has 106 valence electrons. The molecule has 2 aromatic rings. The van der Waals surface area contributed by atoms with Crippen molar-refractivity contribution in [3.05, 3.63) is 53.6 Å². The second-order valence-corrected chi connectivity index (χ2v) is 4.55. The van der Waals surface area contributed by atoms with E-state index in [0.717, 1.165) is 22.6 Å². The summed E-state index contributed by atoms with van der Waals surface area (Å²) in [7, 11) is 0. The van der Waals surface area contributed by atoms with Gasteiger partial charge in [0.2, 0.25) is 0 Å². The Morgan fingerprint density at radius 1 is 1.10 bits per heavy atom. The lowest BCUT2D eigenvalue weighted by Crippen LogP contribution is -2.01. The number of hydrogen-bond donors (Lipinski definition) is 3. The number of nitrogen functional groups attached to an aromatic ring is 1. The quantitative estimate of drug-likeness (QED) is 0.707. The van der Waals surface area contributed by atoms with Crippen molar-refractivity contribution in [2.75, 3.05) is 17.7 Å². The fourth-order valence-electron chi connectivity index (χ4n) is 1.94. The fraction of sp³-hybridized carbons (Fsp3) is 0.250. The van der Waals surface area contributed by atoms with Gasteiger partial charge in [-0.3, -0.25) is 0 Å². The Hall–Kier alpha value is -2.20. The summed E-state index contributed by atoms with van der Waals surface area (Å²) >= 11 is 0. The van der Waals surface area contributed by atoms with Gasteiger partial charge < -0.3 is 20.9 Å². The van der Waals surface area contributed by atoms with Crippen LogP contribution in [0.25, 0.3) is 0 Å². The van der Waals surface area contributed by atoms with Gasteiger partial charge in [-0.05, 0) is 24.1 Å². The first-order valence-corrected chi connectivity index (χ1v) is 6.67. The first-order chi connectivity index (χ1) is 9.71. The molecule has 0 fully saturated rings. The molecule has 0 aliphatic heterocycles. The first kappa shape index (κ1) is 14.2. The molecule has 0 aliphatic rings. The van der Waals surface area contributed by atoms with E-state index in [9.17, 15) is 0 Å². The minimum atomic E-state index is 0.0701. The maximum absolute atomic E-state index is 9.00. The second kappa shape index (κ2) is 6.82. The van der Waals surface area contributed by atoms with Gasteiger partial charge in [-0.2, -0.15) is 0 Å². The Morgan fingerprint density at radius 2 is 1.80 bits per heavy atom. The van der Waals surface area contributed by atoms with E-state index in [0.29, 0.717) is 18.8 Å². The molecule has 0 radical (unpaired) electrons. The molecule has 20 heavy (non-hydrogen) atoms. The van der Waals surface area contributed by atoms with Gasteiger partial charge in [-0.15, -0.1) is 0 Å². The van der Waals surface area contributed by atoms with Crippen LogP contribution in [0.1, 0.15) is 18.1 Å². The van der Waals surface area contributed by atoms with E-state index in [4.69, 9.17) is 15.6 Å². The smallest absolute Gasteiger partial charge is 0.123 e. The Bertz CT molecular complexity index is 553. The van der Waals surface area contributed by atoms with Gasteiger partial charge in [0.15, 0.2) is 0 Å². The van der Waals surface area contributed by atoms with Crippen molar-refractivity contribution in [3.8, 4) is 5.75 Å². The summed E-state index contributed by atoms with van der Waals surface area (Å²) in [4.78, 5) is 0. The topological polar surface area (TPSA) is 67.5 Å². The zero-order valence-corrected chi connectivity index (χ0v) is 11.6. The number of nitrogens with one attached hydrogen (secondary N) is 1. The molecule has 0 spiro atoms. The van der Waals surface area contributed by atoms with Crippen molar-refractivity contribution < 1.29 is 9.84 Å². The van der Waals surface area contributed by atoms with E-state index in [1.807, 2.05) is 49.4 Å². The summed E-state index contributed by atoms with van der Waals surface area (Å²) < 4.78 is 5.46. The molecule has 0 aromatic heterocycles. The van der Waals surface area contributed by atoms with Crippen LogP contribution in [0.15, 0.2) is 42.5 Å². The molecule has 4 nitrogen and oxygen atoms in total. The highest BCUT2D eigenvalue weighted by Crippen LogP contribution is 2.23. The molecule has 0 aliphatic carbocycles. The Morgan fingerprint density at radius 3 is 2.45 bits per heavy atom. The molecule has 4 N–H and O–H groups in total. The van der Waals surface area contributed by atoms with Gasteiger partial charge in [0.1, 0.15) is 5.75 Å². The van der Waals surface area contributed by atoms with E-state index < -0.39 is 0 Å². The first-order valence-electron chi connectivity index (χ1n) is 6.67. The van der Waals surface area contributed by atoms with Crippen molar-refractivity contribution in [1.29, 1.82) is 0 Å². The molecule has 0 unspecified atom stereocenters. The average molecular weight is 272 g/mol. The van der Waals surface area contributed by atoms with E-state index in [1.54, 1.807) is 0 Å².